The number of aromatic nitrogens is 2. The number of aliphatic hydroxyl groups is 1. The Labute approximate surface area is 79.4 Å². The zero-order chi connectivity index (χ0) is 10.1. The molecule has 0 aliphatic rings. The van der Waals surface area contributed by atoms with Crippen LogP contribution in [0, 0.1) is 0 Å². The summed E-state index contributed by atoms with van der Waals surface area (Å²) in [6.07, 6.45) is 2.68. The second-order valence-electron chi connectivity index (χ2n) is 4.40. The average Bonchev–Trinajstić information content (AvgIpc) is 2.30. The zero-order valence-electron chi connectivity index (χ0n) is 8.83. The van der Waals surface area contributed by atoms with E-state index in [-0.39, 0.29) is 12.0 Å². The lowest BCUT2D eigenvalue weighted by Crippen LogP contribution is -2.15. The maximum absolute atomic E-state index is 8.88. The van der Waals surface area contributed by atoms with Gasteiger partial charge in [0.1, 0.15) is 0 Å². The second-order valence-corrected chi connectivity index (χ2v) is 4.40. The van der Waals surface area contributed by atoms with Gasteiger partial charge in [0.15, 0.2) is 0 Å². The predicted molar refractivity (Wildman–Crippen MR) is 52.7 cm³/mol. The van der Waals surface area contributed by atoms with Gasteiger partial charge in [-0.25, -0.2) is 0 Å². The first-order valence-corrected chi connectivity index (χ1v) is 4.59. The van der Waals surface area contributed by atoms with Gasteiger partial charge in [0, 0.05) is 25.3 Å². The summed E-state index contributed by atoms with van der Waals surface area (Å²) in [5, 5.41) is 13.3. The molecule has 1 N–H and O–H groups in total. The summed E-state index contributed by atoms with van der Waals surface area (Å²) in [6, 6.07) is 0. The van der Waals surface area contributed by atoms with Crippen LogP contribution in [-0.2, 0) is 18.9 Å². The van der Waals surface area contributed by atoms with Gasteiger partial charge in [-0.2, -0.15) is 5.10 Å². The molecular formula is C10H18N2O. The topological polar surface area (TPSA) is 38.0 Å². The van der Waals surface area contributed by atoms with Crippen LogP contribution in [0.25, 0.3) is 0 Å². The highest BCUT2D eigenvalue weighted by Gasteiger charge is 2.21. The van der Waals surface area contributed by atoms with Gasteiger partial charge >= 0.3 is 0 Å². The van der Waals surface area contributed by atoms with Gasteiger partial charge in [-0.15, -0.1) is 0 Å². The standard InChI is InChI=1S/C10H18N2O/c1-10(2,3)9-8(5-6-13)7-12(4)11-9/h7,13H,5-6H2,1-4H3. The maximum Gasteiger partial charge on any atom is 0.0710 e. The molecule has 0 amide bonds. The molecular weight excluding hydrogens is 164 g/mol. The molecule has 1 rings (SSSR count). The van der Waals surface area contributed by atoms with Crippen LogP contribution in [0.15, 0.2) is 6.20 Å². The predicted octanol–water partition coefficient (Wildman–Crippen LogP) is 1.25. The summed E-state index contributed by atoms with van der Waals surface area (Å²) in [6.45, 7) is 6.59. The molecule has 0 saturated heterocycles. The van der Waals surface area contributed by atoms with Gasteiger partial charge in [-0.1, -0.05) is 20.8 Å². The van der Waals surface area contributed by atoms with Crippen molar-refractivity contribution in [3.63, 3.8) is 0 Å². The van der Waals surface area contributed by atoms with Crippen molar-refractivity contribution in [1.29, 1.82) is 0 Å². The quantitative estimate of drug-likeness (QED) is 0.747. The largest absolute Gasteiger partial charge is 0.396 e. The van der Waals surface area contributed by atoms with Crippen LogP contribution in [0.4, 0.5) is 0 Å². The van der Waals surface area contributed by atoms with Gasteiger partial charge in [-0.05, 0) is 12.0 Å². The number of aliphatic hydroxyl groups excluding tert-OH is 1. The lowest BCUT2D eigenvalue weighted by Gasteiger charge is -2.16. The summed E-state index contributed by atoms with van der Waals surface area (Å²) < 4.78 is 1.81. The molecule has 0 bridgehead atoms. The average molecular weight is 182 g/mol. The van der Waals surface area contributed by atoms with Crippen molar-refractivity contribution in [2.75, 3.05) is 6.61 Å². The van der Waals surface area contributed by atoms with E-state index in [0.717, 1.165) is 11.3 Å². The molecule has 1 aromatic heterocycles. The number of hydrogen-bond donors (Lipinski definition) is 1. The van der Waals surface area contributed by atoms with Crippen molar-refractivity contribution in [2.45, 2.75) is 32.6 Å². The third-order valence-corrected chi connectivity index (χ3v) is 2.00. The Hall–Kier alpha value is -0.830. The first-order valence-electron chi connectivity index (χ1n) is 4.59. The van der Waals surface area contributed by atoms with E-state index in [1.54, 1.807) is 0 Å². The highest BCUT2D eigenvalue weighted by atomic mass is 16.2. The van der Waals surface area contributed by atoms with E-state index in [4.69, 9.17) is 5.11 Å². The molecule has 3 nitrogen and oxygen atoms in total. The fourth-order valence-corrected chi connectivity index (χ4v) is 1.47. The van der Waals surface area contributed by atoms with E-state index < -0.39 is 0 Å². The maximum atomic E-state index is 8.88. The van der Waals surface area contributed by atoms with Gasteiger partial charge in [0.05, 0.1) is 5.69 Å². The van der Waals surface area contributed by atoms with E-state index >= 15 is 0 Å². The normalized spacial score (nSPS) is 12.1. The summed E-state index contributed by atoms with van der Waals surface area (Å²) in [5.41, 5.74) is 2.30. The highest BCUT2D eigenvalue weighted by molar-refractivity contribution is 5.24. The minimum Gasteiger partial charge on any atom is -0.396 e. The molecule has 0 unspecified atom stereocenters. The molecule has 1 heterocycles. The Morgan fingerprint density at radius 2 is 2.08 bits per heavy atom. The molecule has 0 saturated carbocycles. The molecule has 0 aliphatic heterocycles. The van der Waals surface area contributed by atoms with Crippen molar-refractivity contribution in [3.05, 3.63) is 17.5 Å². The van der Waals surface area contributed by atoms with Crippen molar-refractivity contribution in [1.82, 2.24) is 9.78 Å². The smallest absolute Gasteiger partial charge is 0.0710 e. The molecule has 0 aromatic carbocycles. The van der Waals surface area contributed by atoms with Crippen LogP contribution >= 0.6 is 0 Å². The van der Waals surface area contributed by atoms with Crippen molar-refractivity contribution >= 4 is 0 Å². The Morgan fingerprint density at radius 1 is 1.46 bits per heavy atom. The summed E-state index contributed by atoms with van der Waals surface area (Å²) in [5.74, 6) is 0. The van der Waals surface area contributed by atoms with E-state index in [1.807, 2.05) is 17.9 Å². The lowest BCUT2D eigenvalue weighted by atomic mass is 9.89. The fraction of sp³-hybridized carbons (Fsp3) is 0.700. The second kappa shape index (κ2) is 3.50. The zero-order valence-corrected chi connectivity index (χ0v) is 8.83. The first-order chi connectivity index (χ1) is 5.95. The van der Waals surface area contributed by atoms with Crippen LogP contribution in [0.2, 0.25) is 0 Å². The fourth-order valence-electron chi connectivity index (χ4n) is 1.47. The van der Waals surface area contributed by atoms with E-state index in [9.17, 15) is 0 Å². The number of nitrogens with zero attached hydrogens (tertiary/aromatic N) is 2. The molecule has 1 aromatic rings. The van der Waals surface area contributed by atoms with Crippen molar-refractivity contribution in [2.24, 2.45) is 7.05 Å². The van der Waals surface area contributed by atoms with Gasteiger partial charge in [0.25, 0.3) is 0 Å². The van der Waals surface area contributed by atoms with E-state index in [1.165, 1.54) is 0 Å². The molecule has 3 heteroatoms. The Balaban J connectivity index is 3.04. The number of rotatable bonds is 2. The van der Waals surface area contributed by atoms with Crippen LogP contribution in [-0.4, -0.2) is 21.5 Å². The van der Waals surface area contributed by atoms with Crippen LogP contribution in [0.5, 0.6) is 0 Å². The summed E-state index contributed by atoms with van der Waals surface area (Å²) in [7, 11) is 1.91. The molecule has 0 aliphatic carbocycles. The van der Waals surface area contributed by atoms with E-state index in [0.29, 0.717) is 6.42 Å². The van der Waals surface area contributed by atoms with Crippen LogP contribution in [0.1, 0.15) is 32.0 Å². The lowest BCUT2D eigenvalue weighted by molar-refractivity contribution is 0.298. The van der Waals surface area contributed by atoms with Gasteiger partial charge in [-0.3, -0.25) is 4.68 Å². The Bertz CT molecular complexity index is 284. The number of aryl methyl sites for hydroxylation is 1. The van der Waals surface area contributed by atoms with Crippen LogP contribution in [0.3, 0.4) is 0 Å². The molecule has 0 fully saturated rings. The van der Waals surface area contributed by atoms with Crippen LogP contribution < -0.4 is 0 Å². The Morgan fingerprint density at radius 3 is 2.54 bits per heavy atom. The highest BCUT2D eigenvalue weighted by Crippen LogP contribution is 2.24. The molecule has 0 atom stereocenters. The Kier molecular flexibility index (Phi) is 2.76. The first kappa shape index (κ1) is 10.3. The monoisotopic (exact) mass is 182 g/mol. The minimum absolute atomic E-state index is 0.0613. The molecule has 13 heavy (non-hydrogen) atoms. The third kappa shape index (κ3) is 2.31. The minimum atomic E-state index is 0.0613. The van der Waals surface area contributed by atoms with Gasteiger partial charge in [0.2, 0.25) is 0 Å². The SMILES string of the molecule is Cn1cc(CCO)c(C(C)(C)C)n1. The number of hydrogen-bond acceptors (Lipinski definition) is 2. The summed E-state index contributed by atoms with van der Waals surface area (Å²) >= 11 is 0. The molecule has 0 radical (unpaired) electrons. The third-order valence-electron chi connectivity index (χ3n) is 2.00. The van der Waals surface area contributed by atoms with Gasteiger partial charge < -0.3 is 5.11 Å². The molecule has 0 spiro atoms. The molecule has 74 valence electrons. The van der Waals surface area contributed by atoms with E-state index in [2.05, 4.69) is 25.9 Å². The van der Waals surface area contributed by atoms with Crippen molar-refractivity contribution < 1.29 is 5.11 Å². The van der Waals surface area contributed by atoms with Crippen molar-refractivity contribution in [3.8, 4) is 0 Å². The summed E-state index contributed by atoms with van der Waals surface area (Å²) in [4.78, 5) is 0.